The van der Waals surface area contributed by atoms with Gasteiger partial charge in [0.2, 0.25) is 0 Å². The molecule has 0 unspecified atom stereocenters. The molecule has 1 heterocycles. The van der Waals surface area contributed by atoms with Crippen molar-refractivity contribution in [1.82, 2.24) is 8.81 Å². The maximum Gasteiger partial charge on any atom is 0.358 e. The zero-order chi connectivity index (χ0) is 7.56. The summed E-state index contributed by atoms with van der Waals surface area (Å²) in [6.45, 7) is 0. The van der Waals surface area contributed by atoms with E-state index in [1.165, 1.54) is 10.8 Å². The van der Waals surface area contributed by atoms with Gasteiger partial charge in [0.1, 0.15) is 0 Å². The van der Waals surface area contributed by atoms with Crippen molar-refractivity contribution in [1.29, 1.82) is 0 Å². The van der Waals surface area contributed by atoms with Crippen molar-refractivity contribution in [3.05, 3.63) is 18.0 Å². The van der Waals surface area contributed by atoms with Crippen molar-refractivity contribution < 1.29 is 9.53 Å². The largest absolute Gasteiger partial charge is 0.464 e. The first-order valence-electron chi connectivity index (χ1n) is 2.54. The molecular formula is C5H5BrN2O2. The zero-order valence-corrected chi connectivity index (χ0v) is 6.83. The van der Waals surface area contributed by atoms with Crippen LogP contribution in [0.1, 0.15) is 10.5 Å². The fourth-order valence-corrected chi connectivity index (χ4v) is 0.804. The molecule has 0 bridgehead atoms. The maximum absolute atomic E-state index is 10.7. The van der Waals surface area contributed by atoms with Crippen molar-refractivity contribution in [2.45, 2.75) is 0 Å². The van der Waals surface area contributed by atoms with Gasteiger partial charge in [-0.25, -0.2) is 8.50 Å². The molecule has 0 aromatic carbocycles. The van der Waals surface area contributed by atoms with Gasteiger partial charge in [-0.3, -0.25) is 0 Å². The Kier molecular flexibility index (Phi) is 2.06. The maximum atomic E-state index is 10.7. The number of ether oxygens (including phenoxy) is 1. The van der Waals surface area contributed by atoms with E-state index in [4.69, 9.17) is 0 Å². The van der Waals surface area contributed by atoms with Gasteiger partial charge in [0.05, 0.1) is 23.3 Å². The monoisotopic (exact) mass is 204 g/mol. The van der Waals surface area contributed by atoms with E-state index < -0.39 is 5.97 Å². The van der Waals surface area contributed by atoms with Gasteiger partial charge in [0.15, 0.2) is 5.69 Å². The lowest BCUT2D eigenvalue weighted by atomic mass is 10.4. The van der Waals surface area contributed by atoms with Crippen LogP contribution in [0.5, 0.6) is 0 Å². The summed E-state index contributed by atoms with van der Waals surface area (Å²) < 4.78 is 5.77. The van der Waals surface area contributed by atoms with E-state index >= 15 is 0 Å². The quantitative estimate of drug-likeness (QED) is 0.637. The number of hydrogen-bond acceptors (Lipinski definition) is 3. The van der Waals surface area contributed by atoms with Gasteiger partial charge in [0.25, 0.3) is 0 Å². The molecule has 0 aliphatic rings. The number of esters is 1. The van der Waals surface area contributed by atoms with Crippen molar-refractivity contribution in [2.24, 2.45) is 0 Å². The Morgan fingerprint density at radius 2 is 2.60 bits per heavy atom. The van der Waals surface area contributed by atoms with Gasteiger partial charge in [0, 0.05) is 6.20 Å². The Hall–Kier alpha value is -0.840. The third-order valence-corrected chi connectivity index (χ3v) is 1.35. The fraction of sp³-hybridized carbons (Fsp3) is 0.200. The minimum atomic E-state index is -0.432. The second-order valence-electron chi connectivity index (χ2n) is 1.58. The minimum Gasteiger partial charge on any atom is -0.464 e. The highest BCUT2D eigenvalue weighted by atomic mass is 79.9. The molecule has 4 nitrogen and oxygen atoms in total. The second kappa shape index (κ2) is 2.83. The summed E-state index contributed by atoms with van der Waals surface area (Å²) in [7, 11) is 1.32. The van der Waals surface area contributed by atoms with Crippen LogP contribution in [0, 0.1) is 0 Å². The molecule has 0 aliphatic heterocycles. The molecule has 1 aromatic rings. The minimum absolute atomic E-state index is 0.291. The first-order chi connectivity index (χ1) is 4.74. The molecule has 0 N–H and O–H groups in total. The van der Waals surface area contributed by atoms with Crippen molar-refractivity contribution in [2.75, 3.05) is 7.11 Å². The summed E-state index contributed by atoms with van der Waals surface area (Å²) in [4.78, 5) is 10.7. The average molecular weight is 205 g/mol. The summed E-state index contributed by atoms with van der Waals surface area (Å²) in [5.74, 6) is -0.432. The zero-order valence-electron chi connectivity index (χ0n) is 5.24. The van der Waals surface area contributed by atoms with Crippen molar-refractivity contribution in [3.63, 3.8) is 0 Å². The molecule has 10 heavy (non-hydrogen) atoms. The number of carbonyl (C=O) groups excluding carboxylic acids is 1. The van der Waals surface area contributed by atoms with Gasteiger partial charge in [-0.05, 0) is 6.07 Å². The molecule has 1 aromatic heterocycles. The van der Waals surface area contributed by atoms with Crippen LogP contribution in [0.15, 0.2) is 12.3 Å². The Balaban J connectivity index is 2.85. The van der Waals surface area contributed by atoms with E-state index in [0.717, 1.165) is 0 Å². The molecule has 0 amide bonds. The number of methoxy groups -OCH3 is 1. The van der Waals surface area contributed by atoms with E-state index in [1.807, 2.05) is 0 Å². The molecule has 1 rings (SSSR count). The first kappa shape index (κ1) is 7.27. The van der Waals surface area contributed by atoms with E-state index in [1.54, 1.807) is 12.3 Å². The Morgan fingerprint density at radius 3 is 3.00 bits per heavy atom. The Morgan fingerprint density at radius 1 is 1.90 bits per heavy atom. The average Bonchev–Trinajstić information content (AvgIpc) is 2.34. The third kappa shape index (κ3) is 1.36. The number of halogens is 1. The smallest absolute Gasteiger partial charge is 0.358 e. The molecule has 54 valence electrons. The third-order valence-electron chi connectivity index (χ3n) is 0.953. The molecule has 0 spiro atoms. The summed E-state index contributed by atoms with van der Waals surface area (Å²) in [6, 6.07) is 1.56. The highest BCUT2D eigenvalue weighted by Crippen LogP contribution is 1.99. The molecule has 0 aliphatic carbocycles. The van der Waals surface area contributed by atoms with Crippen LogP contribution >= 0.6 is 16.1 Å². The fourth-order valence-electron chi connectivity index (χ4n) is 0.515. The van der Waals surface area contributed by atoms with Crippen LogP contribution in [-0.2, 0) is 4.74 Å². The van der Waals surface area contributed by atoms with Crippen LogP contribution < -0.4 is 0 Å². The number of carbonyl (C=O) groups is 1. The normalized spacial score (nSPS) is 9.40. The lowest BCUT2D eigenvalue weighted by molar-refractivity contribution is 0.0594. The Labute approximate surface area is 66.1 Å². The van der Waals surface area contributed by atoms with E-state index in [2.05, 4.69) is 26.0 Å². The van der Waals surface area contributed by atoms with Crippen LogP contribution in [0.2, 0.25) is 0 Å². The standard InChI is InChI=1S/C5H5BrN2O2/c1-10-5(9)4-2-3-8(6)7-4/h2-3H,1H3. The first-order valence-corrected chi connectivity index (χ1v) is 3.25. The molecule has 5 heteroatoms. The number of aromatic nitrogens is 2. The predicted molar refractivity (Wildman–Crippen MR) is 37.9 cm³/mol. The highest BCUT2D eigenvalue weighted by Gasteiger charge is 2.06. The predicted octanol–water partition coefficient (Wildman–Crippen LogP) is 0.828. The van der Waals surface area contributed by atoms with Crippen LogP contribution in [0.4, 0.5) is 0 Å². The van der Waals surface area contributed by atoms with E-state index in [9.17, 15) is 4.79 Å². The number of nitrogens with zero attached hydrogens (tertiary/aromatic N) is 2. The summed E-state index contributed by atoms with van der Waals surface area (Å²) >= 11 is 3.03. The molecule has 0 saturated carbocycles. The van der Waals surface area contributed by atoms with Crippen molar-refractivity contribution in [3.8, 4) is 0 Å². The van der Waals surface area contributed by atoms with Gasteiger partial charge in [-0.1, -0.05) is 0 Å². The van der Waals surface area contributed by atoms with Gasteiger partial charge in [-0.2, -0.15) is 5.10 Å². The highest BCUT2D eigenvalue weighted by molar-refractivity contribution is 9.08. The molecule has 0 atom stereocenters. The second-order valence-corrected chi connectivity index (χ2v) is 2.31. The Bertz CT molecular complexity index is 246. The lowest BCUT2D eigenvalue weighted by Crippen LogP contribution is -2.01. The van der Waals surface area contributed by atoms with Gasteiger partial charge >= 0.3 is 5.97 Å². The molecular weight excluding hydrogens is 200 g/mol. The van der Waals surface area contributed by atoms with Crippen LogP contribution in [-0.4, -0.2) is 21.9 Å². The lowest BCUT2D eigenvalue weighted by Gasteiger charge is -1.90. The number of rotatable bonds is 1. The molecule has 0 fully saturated rings. The summed E-state index contributed by atoms with van der Waals surface area (Å²) in [5.41, 5.74) is 0.291. The summed E-state index contributed by atoms with van der Waals surface area (Å²) in [5, 5.41) is 3.74. The molecule has 0 radical (unpaired) electrons. The van der Waals surface area contributed by atoms with E-state index in [-0.39, 0.29) is 0 Å². The van der Waals surface area contributed by atoms with E-state index in [0.29, 0.717) is 5.69 Å². The van der Waals surface area contributed by atoms with Gasteiger partial charge < -0.3 is 4.74 Å². The number of hydrogen-bond donors (Lipinski definition) is 0. The topological polar surface area (TPSA) is 44.1 Å². The molecule has 0 saturated heterocycles. The van der Waals surface area contributed by atoms with Crippen molar-refractivity contribution >= 4 is 22.1 Å². The van der Waals surface area contributed by atoms with Gasteiger partial charge in [-0.15, -0.1) is 0 Å². The SMILES string of the molecule is COC(=O)c1ccn(Br)n1. The van der Waals surface area contributed by atoms with Crippen LogP contribution in [0.3, 0.4) is 0 Å². The summed E-state index contributed by atoms with van der Waals surface area (Å²) in [6.07, 6.45) is 1.60. The van der Waals surface area contributed by atoms with Crippen LogP contribution in [0.25, 0.3) is 0 Å².